The monoisotopic (exact) mass is 552 g/mol. The van der Waals surface area contributed by atoms with Crippen LogP contribution < -0.4 is 5.32 Å². The van der Waals surface area contributed by atoms with Gasteiger partial charge in [-0.2, -0.15) is 4.37 Å². The van der Waals surface area contributed by atoms with Crippen molar-refractivity contribution in [3.05, 3.63) is 94.1 Å². The van der Waals surface area contributed by atoms with Gasteiger partial charge in [0.25, 0.3) is 0 Å². The largest absolute Gasteiger partial charge is 0.481 e. The molecule has 5 rings (SSSR count). The summed E-state index contributed by atoms with van der Waals surface area (Å²) in [4.78, 5) is 24.9. The molecular weight excluding hydrogens is 531 g/mol. The van der Waals surface area contributed by atoms with Crippen LogP contribution in [0.2, 0.25) is 10.2 Å². The second kappa shape index (κ2) is 10.2. The summed E-state index contributed by atoms with van der Waals surface area (Å²) in [5.74, 6) is -0.764. The van der Waals surface area contributed by atoms with Crippen LogP contribution in [0.25, 0.3) is 21.6 Å². The van der Waals surface area contributed by atoms with E-state index in [1.807, 2.05) is 60.7 Å². The molecular formula is C28H22Cl2N2O4S. The number of carboxylic acid groups (broad SMARTS) is 1. The first-order valence-corrected chi connectivity index (χ1v) is 13.1. The summed E-state index contributed by atoms with van der Waals surface area (Å²) >= 11 is 13.7. The van der Waals surface area contributed by atoms with Crippen LogP contribution in [0.15, 0.2) is 72.8 Å². The molecule has 0 radical (unpaired) electrons. The van der Waals surface area contributed by atoms with Crippen molar-refractivity contribution in [3.8, 4) is 21.6 Å². The van der Waals surface area contributed by atoms with Crippen LogP contribution in [0.3, 0.4) is 0 Å². The molecule has 1 atom stereocenters. The normalized spacial score (nSPS) is 14.6. The molecule has 9 heteroatoms. The molecule has 6 nitrogen and oxygen atoms in total. The number of carbonyl (C=O) groups is 2. The van der Waals surface area contributed by atoms with Crippen LogP contribution in [0.1, 0.15) is 37.0 Å². The predicted molar refractivity (Wildman–Crippen MR) is 147 cm³/mol. The lowest BCUT2D eigenvalue weighted by Gasteiger charge is -2.15. The van der Waals surface area contributed by atoms with Gasteiger partial charge in [-0.25, -0.2) is 4.79 Å². The van der Waals surface area contributed by atoms with Gasteiger partial charge in [-0.3, -0.25) is 10.1 Å². The van der Waals surface area contributed by atoms with Crippen LogP contribution in [0, 0.1) is 0 Å². The highest BCUT2D eigenvalue weighted by Crippen LogP contribution is 2.48. The molecule has 1 aromatic heterocycles. The molecule has 2 N–H and O–H groups in total. The average molecular weight is 553 g/mol. The van der Waals surface area contributed by atoms with Gasteiger partial charge in [-0.15, -0.1) is 0 Å². The van der Waals surface area contributed by atoms with Crippen molar-refractivity contribution in [3.63, 3.8) is 0 Å². The molecule has 4 aromatic rings. The van der Waals surface area contributed by atoms with Crippen molar-refractivity contribution < 1.29 is 19.4 Å². The van der Waals surface area contributed by atoms with Crippen molar-refractivity contribution in [1.29, 1.82) is 0 Å². The van der Waals surface area contributed by atoms with E-state index >= 15 is 0 Å². The van der Waals surface area contributed by atoms with E-state index in [1.165, 1.54) is 11.5 Å². The lowest BCUT2D eigenvalue weighted by molar-refractivity contribution is -0.140. The molecule has 0 unspecified atom stereocenters. The SMILES string of the molecule is C[C@@H](OC(=O)Nc1c(Cl)nsc1-c1ccc(-c2ccc(C3(C(=O)O)CC3)cc2)cc1)c1ccccc1Cl. The number of rotatable bonds is 7. The molecule has 1 fully saturated rings. The van der Waals surface area contributed by atoms with E-state index < -0.39 is 23.6 Å². The summed E-state index contributed by atoms with van der Waals surface area (Å²) in [6.07, 6.45) is 0.133. The fourth-order valence-corrected chi connectivity index (χ4v) is 5.62. The Bertz CT molecular complexity index is 1460. The molecule has 1 amide bonds. The number of nitrogens with zero attached hydrogens (tertiary/aromatic N) is 1. The van der Waals surface area contributed by atoms with Crippen LogP contribution in [0.4, 0.5) is 10.5 Å². The van der Waals surface area contributed by atoms with E-state index in [9.17, 15) is 14.7 Å². The van der Waals surface area contributed by atoms with Crippen molar-refractivity contribution in [2.75, 3.05) is 5.32 Å². The van der Waals surface area contributed by atoms with Crippen molar-refractivity contribution in [1.82, 2.24) is 4.37 Å². The summed E-state index contributed by atoms with van der Waals surface area (Å²) in [5, 5.41) is 12.9. The van der Waals surface area contributed by atoms with Crippen molar-refractivity contribution in [2.24, 2.45) is 0 Å². The standard InChI is InChI=1S/C28H22Cl2N2O4S/c1-16(21-4-2-3-5-22(21)29)36-27(35)31-23-24(37-32-25(23)30)19-8-6-17(7-9-19)18-10-12-20(13-11-18)28(14-15-28)26(33)34/h2-13,16H,14-15H2,1H3,(H,31,35)(H,33,34)/t16-/m1/s1. The third kappa shape index (κ3) is 5.07. The van der Waals surface area contributed by atoms with Crippen LogP contribution in [-0.2, 0) is 14.9 Å². The highest BCUT2D eigenvalue weighted by atomic mass is 35.5. The molecule has 1 aliphatic rings. The Morgan fingerprint density at radius 2 is 1.57 bits per heavy atom. The first-order valence-electron chi connectivity index (χ1n) is 11.6. The Morgan fingerprint density at radius 1 is 0.973 bits per heavy atom. The van der Waals surface area contributed by atoms with E-state index in [4.69, 9.17) is 27.9 Å². The van der Waals surface area contributed by atoms with Gasteiger partial charge in [-0.05, 0) is 59.6 Å². The Balaban J connectivity index is 1.30. The number of benzene rings is 3. The maximum atomic E-state index is 12.6. The fraction of sp³-hybridized carbons (Fsp3) is 0.179. The molecule has 3 aromatic carbocycles. The van der Waals surface area contributed by atoms with Gasteiger partial charge in [0.2, 0.25) is 0 Å². The maximum absolute atomic E-state index is 12.6. The molecule has 1 saturated carbocycles. The molecule has 1 heterocycles. The lowest BCUT2D eigenvalue weighted by Crippen LogP contribution is -2.19. The number of halogens is 2. The number of ether oxygens (including phenoxy) is 1. The van der Waals surface area contributed by atoms with E-state index in [0.29, 0.717) is 34.0 Å². The smallest absolute Gasteiger partial charge is 0.412 e. The zero-order valence-corrected chi connectivity index (χ0v) is 22.0. The summed E-state index contributed by atoms with van der Waals surface area (Å²) < 4.78 is 9.71. The molecule has 1 aliphatic carbocycles. The number of nitrogens with one attached hydrogen (secondary N) is 1. The Labute approximate surface area is 228 Å². The number of carboxylic acids is 1. The highest BCUT2D eigenvalue weighted by molar-refractivity contribution is 7.10. The van der Waals surface area contributed by atoms with E-state index in [1.54, 1.807) is 19.1 Å². The number of carbonyl (C=O) groups excluding carboxylic acids is 1. The minimum absolute atomic E-state index is 0.175. The van der Waals surface area contributed by atoms with Crippen LogP contribution in [-0.4, -0.2) is 21.5 Å². The lowest BCUT2D eigenvalue weighted by atomic mass is 9.93. The van der Waals surface area contributed by atoms with Gasteiger partial charge < -0.3 is 9.84 Å². The Morgan fingerprint density at radius 3 is 2.16 bits per heavy atom. The second-order valence-corrected chi connectivity index (χ2v) is 10.5. The first-order chi connectivity index (χ1) is 17.8. The minimum atomic E-state index is -0.764. The average Bonchev–Trinajstić information content (AvgIpc) is 3.64. The maximum Gasteiger partial charge on any atom is 0.412 e. The summed E-state index contributed by atoms with van der Waals surface area (Å²) in [7, 11) is 0. The topological polar surface area (TPSA) is 88.5 Å². The van der Waals surface area contributed by atoms with Crippen LogP contribution >= 0.6 is 34.7 Å². The van der Waals surface area contributed by atoms with Gasteiger partial charge in [0.05, 0.1) is 10.3 Å². The number of hydrogen-bond acceptors (Lipinski definition) is 5. The Hall–Kier alpha value is -3.39. The minimum Gasteiger partial charge on any atom is -0.481 e. The van der Waals surface area contributed by atoms with Gasteiger partial charge >= 0.3 is 12.1 Å². The fourth-order valence-electron chi connectivity index (χ4n) is 4.28. The van der Waals surface area contributed by atoms with E-state index in [0.717, 1.165) is 22.3 Å². The summed E-state index contributed by atoms with van der Waals surface area (Å²) in [6, 6.07) is 22.6. The summed E-state index contributed by atoms with van der Waals surface area (Å²) in [5.41, 5.74) is 4.00. The van der Waals surface area contributed by atoms with Gasteiger partial charge in [0, 0.05) is 10.6 Å². The predicted octanol–water partition coefficient (Wildman–Crippen LogP) is 8.21. The third-order valence-electron chi connectivity index (χ3n) is 6.58. The second-order valence-electron chi connectivity index (χ2n) is 8.91. The zero-order chi connectivity index (χ0) is 26.2. The Kier molecular flexibility index (Phi) is 6.94. The van der Waals surface area contributed by atoms with Gasteiger partial charge in [-0.1, -0.05) is 89.9 Å². The van der Waals surface area contributed by atoms with E-state index in [2.05, 4.69) is 9.69 Å². The summed E-state index contributed by atoms with van der Waals surface area (Å²) in [6.45, 7) is 1.74. The van der Waals surface area contributed by atoms with E-state index in [-0.39, 0.29) is 5.15 Å². The number of anilines is 1. The molecule has 0 aliphatic heterocycles. The van der Waals surface area contributed by atoms with Crippen molar-refractivity contribution >= 4 is 52.5 Å². The van der Waals surface area contributed by atoms with Gasteiger partial charge in [0.15, 0.2) is 5.15 Å². The first kappa shape index (κ1) is 25.3. The zero-order valence-electron chi connectivity index (χ0n) is 19.7. The van der Waals surface area contributed by atoms with Crippen molar-refractivity contribution in [2.45, 2.75) is 31.3 Å². The van der Waals surface area contributed by atoms with Crippen LogP contribution in [0.5, 0.6) is 0 Å². The quantitative estimate of drug-likeness (QED) is 0.241. The molecule has 188 valence electrons. The highest BCUT2D eigenvalue weighted by Gasteiger charge is 2.51. The van der Waals surface area contributed by atoms with Gasteiger partial charge in [0.1, 0.15) is 11.8 Å². The molecule has 0 saturated heterocycles. The molecule has 0 bridgehead atoms. The molecule has 0 spiro atoms. The third-order valence-corrected chi connectivity index (χ3v) is 8.20. The number of aromatic nitrogens is 1. The number of aliphatic carboxylic acids is 1. The molecule has 37 heavy (non-hydrogen) atoms. The number of hydrogen-bond donors (Lipinski definition) is 2. The number of amides is 1.